The Balaban J connectivity index is 2.62. The molecule has 0 saturated carbocycles. The van der Waals surface area contributed by atoms with Crippen molar-refractivity contribution < 1.29 is 9.53 Å². The molecule has 1 rings (SSSR count). The van der Waals surface area contributed by atoms with E-state index in [0.717, 1.165) is 6.54 Å². The molecule has 4 heteroatoms. The minimum Gasteiger partial charge on any atom is -0.412 e. The van der Waals surface area contributed by atoms with Gasteiger partial charge in [-0.2, -0.15) is 0 Å². The number of hydrogen-bond donors (Lipinski definition) is 2. The molecule has 1 aliphatic heterocycles. The first-order chi connectivity index (χ1) is 7.19. The highest BCUT2D eigenvalue weighted by molar-refractivity contribution is 6.74. The number of hydrogen-bond acceptors (Lipinski definition) is 3. The van der Waals surface area contributed by atoms with Crippen LogP contribution in [0.15, 0.2) is 0 Å². The van der Waals surface area contributed by atoms with Crippen LogP contribution in [0.1, 0.15) is 27.7 Å². The molecule has 0 amide bonds. The summed E-state index contributed by atoms with van der Waals surface area (Å²) in [5, 5.41) is 12.8. The molecule has 0 radical (unpaired) electrons. The van der Waals surface area contributed by atoms with E-state index in [1.807, 2.05) is 0 Å². The van der Waals surface area contributed by atoms with Gasteiger partial charge in [0.2, 0.25) is 0 Å². The maximum atomic E-state index is 9.21. The highest BCUT2D eigenvalue weighted by Crippen LogP contribution is 2.38. The normalized spacial score (nSPS) is 32.1. The molecule has 3 nitrogen and oxygen atoms in total. The van der Waals surface area contributed by atoms with Gasteiger partial charge < -0.3 is 14.8 Å². The Morgan fingerprint density at radius 2 is 1.94 bits per heavy atom. The lowest BCUT2D eigenvalue weighted by Gasteiger charge is -2.39. The van der Waals surface area contributed by atoms with E-state index in [4.69, 9.17) is 4.43 Å². The molecule has 0 aliphatic carbocycles. The van der Waals surface area contributed by atoms with Gasteiger partial charge in [0.05, 0.1) is 12.7 Å². The standard InChI is InChI=1S/C12H27NO2Si/c1-9-10(8-14)13-7-11(9)15-16(5,6)12(2,3)4/h9-11,13-14H,7-8H2,1-6H3/t9-,10-,11-/m1/s1. The van der Waals surface area contributed by atoms with Crippen molar-refractivity contribution in [1.82, 2.24) is 5.32 Å². The van der Waals surface area contributed by atoms with Crippen LogP contribution >= 0.6 is 0 Å². The SMILES string of the molecule is C[C@@H]1[C@@H](CO)NC[C@H]1O[Si](C)(C)C(C)(C)C. The molecule has 0 bridgehead atoms. The first-order valence-corrected chi connectivity index (χ1v) is 9.12. The number of aliphatic hydroxyl groups is 1. The smallest absolute Gasteiger partial charge is 0.192 e. The predicted molar refractivity (Wildman–Crippen MR) is 70.1 cm³/mol. The van der Waals surface area contributed by atoms with E-state index in [9.17, 15) is 5.11 Å². The summed E-state index contributed by atoms with van der Waals surface area (Å²) >= 11 is 0. The van der Waals surface area contributed by atoms with E-state index < -0.39 is 8.32 Å². The molecule has 0 spiro atoms. The molecule has 0 aromatic heterocycles. The van der Waals surface area contributed by atoms with Gasteiger partial charge in [-0.3, -0.25) is 0 Å². The lowest BCUT2D eigenvalue weighted by molar-refractivity contribution is 0.140. The van der Waals surface area contributed by atoms with Crippen LogP contribution in [0, 0.1) is 5.92 Å². The molecular formula is C12H27NO2Si. The number of rotatable bonds is 3. The first kappa shape index (κ1) is 14.2. The average molecular weight is 245 g/mol. The molecule has 16 heavy (non-hydrogen) atoms. The van der Waals surface area contributed by atoms with Gasteiger partial charge >= 0.3 is 0 Å². The fourth-order valence-corrected chi connectivity index (χ4v) is 3.24. The maximum absolute atomic E-state index is 9.21. The molecule has 2 N–H and O–H groups in total. The molecular weight excluding hydrogens is 218 g/mol. The Labute approximate surface area is 101 Å². The summed E-state index contributed by atoms with van der Waals surface area (Å²) in [7, 11) is -1.68. The van der Waals surface area contributed by atoms with Crippen molar-refractivity contribution in [3.8, 4) is 0 Å². The van der Waals surface area contributed by atoms with Gasteiger partial charge in [-0.25, -0.2) is 0 Å². The molecule has 1 saturated heterocycles. The summed E-state index contributed by atoms with van der Waals surface area (Å²) in [6.07, 6.45) is 0.262. The predicted octanol–water partition coefficient (Wildman–Crippen LogP) is 1.98. The molecule has 1 heterocycles. The molecule has 0 aromatic rings. The Bertz CT molecular complexity index is 238. The molecule has 0 aromatic carbocycles. The minimum atomic E-state index is -1.68. The van der Waals surface area contributed by atoms with Crippen LogP contribution in [0.4, 0.5) is 0 Å². The van der Waals surface area contributed by atoms with Gasteiger partial charge in [0.15, 0.2) is 8.32 Å². The van der Waals surface area contributed by atoms with Crippen LogP contribution in [-0.2, 0) is 4.43 Å². The second kappa shape index (κ2) is 4.76. The van der Waals surface area contributed by atoms with Crippen LogP contribution in [-0.4, -0.2) is 38.7 Å². The van der Waals surface area contributed by atoms with E-state index in [1.165, 1.54) is 0 Å². The van der Waals surface area contributed by atoms with Crippen molar-refractivity contribution in [2.45, 2.75) is 58.0 Å². The van der Waals surface area contributed by atoms with Gasteiger partial charge in [-0.05, 0) is 24.1 Å². The summed E-state index contributed by atoms with van der Waals surface area (Å²) < 4.78 is 6.37. The third-order valence-electron chi connectivity index (χ3n) is 4.25. The van der Waals surface area contributed by atoms with Gasteiger partial charge in [-0.15, -0.1) is 0 Å². The molecule has 0 unspecified atom stereocenters. The third-order valence-corrected chi connectivity index (χ3v) is 8.76. The van der Waals surface area contributed by atoms with Gasteiger partial charge in [0.1, 0.15) is 0 Å². The van der Waals surface area contributed by atoms with Crippen molar-refractivity contribution >= 4 is 8.32 Å². The van der Waals surface area contributed by atoms with Gasteiger partial charge in [-0.1, -0.05) is 27.7 Å². The summed E-state index contributed by atoms with van der Waals surface area (Å²) in [5.74, 6) is 0.402. The van der Waals surface area contributed by atoms with E-state index in [0.29, 0.717) is 5.92 Å². The highest BCUT2D eigenvalue weighted by atomic mass is 28.4. The van der Waals surface area contributed by atoms with E-state index in [2.05, 4.69) is 46.1 Å². The zero-order valence-corrected chi connectivity index (χ0v) is 12.5. The van der Waals surface area contributed by atoms with Gasteiger partial charge in [0, 0.05) is 12.6 Å². The Hall–Kier alpha value is 0.0969. The van der Waals surface area contributed by atoms with E-state index in [1.54, 1.807) is 0 Å². The van der Waals surface area contributed by atoms with Crippen molar-refractivity contribution in [2.75, 3.05) is 13.2 Å². The highest BCUT2D eigenvalue weighted by Gasteiger charge is 2.42. The number of aliphatic hydroxyl groups excluding tert-OH is 1. The second-order valence-corrected chi connectivity index (χ2v) is 11.2. The van der Waals surface area contributed by atoms with Crippen LogP contribution in [0.25, 0.3) is 0 Å². The summed E-state index contributed by atoms with van der Waals surface area (Å²) in [4.78, 5) is 0. The molecule has 1 aliphatic rings. The van der Waals surface area contributed by atoms with Crippen LogP contribution in [0.5, 0.6) is 0 Å². The Kier molecular flexibility index (Phi) is 4.22. The van der Waals surface area contributed by atoms with Crippen molar-refractivity contribution in [1.29, 1.82) is 0 Å². The number of nitrogens with one attached hydrogen (secondary N) is 1. The zero-order valence-electron chi connectivity index (χ0n) is 11.5. The van der Waals surface area contributed by atoms with E-state index in [-0.39, 0.29) is 23.8 Å². The van der Waals surface area contributed by atoms with E-state index >= 15 is 0 Å². The fraction of sp³-hybridized carbons (Fsp3) is 1.00. The summed E-state index contributed by atoms with van der Waals surface area (Å²) in [6.45, 7) is 14.6. The van der Waals surface area contributed by atoms with Crippen molar-refractivity contribution in [2.24, 2.45) is 5.92 Å². The average Bonchev–Trinajstić information content (AvgIpc) is 2.45. The quantitative estimate of drug-likeness (QED) is 0.747. The summed E-state index contributed by atoms with van der Waals surface area (Å²) in [6, 6.07) is 0.203. The van der Waals surface area contributed by atoms with Crippen LogP contribution in [0.3, 0.4) is 0 Å². The Morgan fingerprint density at radius 3 is 2.31 bits per heavy atom. The Morgan fingerprint density at radius 1 is 1.38 bits per heavy atom. The minimum absolute atomic E-state index is 0.203. The first-order valence-electron chi connectivity index (χ1n) is 6.21. The second-order valence-electron chi connectivity index (χ2n) is 6.47. The molecule has 3 atom stereocenters. The van der Waals surface area contributed by atoms with Gasteiger partial charge in [0.25, 0.3) is 0 Å². The lowest BCUT2D eigenvalue weighted by Crippen LogP contribution is -2.45. The molecule has 96 valence electrons. The zero-order chi connectivity index (χ0) is 12.6. The maximum Gasteiger partial charge on any atom is 0.192 e. The van der Waals surface area contributed by atoms with Crippen molar-refractivity contribution in [3.05, 3.63) is 0 Å². The third kappa shape index (κ3) is 2.86. The largest absolute Gasteiger partial charge is 0.412 e. The van der Waals surface area contributed by atoms with Crippen molar-refractivity contribution in [3.63, 3.8) is 0 Å². The summed E-state index contributed by atoms with van der Waals surface area (Å²) in [5.41, 5.74) is 0. The van der Waals surface area contributed by atoms with Crippen LogP contribution < -0.4 is 5.32 Å². The monoisotopic (exact) mass is 245 g/mol. The topological polar surface area (TPSA) is 41.5 Å². The fourth-order valence-electron chi connectivity index (χ4n) is 1.83. The van der Waals surface area contributed by atoms with Crippen LogP contribution in [0.2, 0.25) is 18.1 Å². The lowest BCUT2D eigenvalue weighted by atomic mass is 10.0. The molecule has 1 fully saturated rings.